The highest BCUT2D eigenvalue weighted by Crippen LogP contribution is 2.24. The number of benzene rings is 4. The molecule has 3 N–H and O–H groups in total. The minimum Gasteiger partial charge on any atom is -0.429 e. The predicted molar refractivity (Wildman–Crippen MR) is 161 cm³/mol. The van der Waals surface area contributed by atoms with Crippen LogP contribution < -0.4 is 15.8 Å². The average Bonchev–Trinajstić information content (AvgIpc) is 3.01. The number of hydrogen-bond donors (Lipinski definition) is 2. The van der Waals surface area contributed by atoms with E-state index in [0.29, 0.717) is 25.1 Å². The fourth-order valence-corrected chi connectivity index (χ4v) is 5.22. The lowest BCUT2D eigenvalue weighted by molar-refractivity contribution is -0.150. The van der Waals surface area contributed by atoms with Crippen molar-refractivity contribution in [3.05, 3.63) is 114 Å². The van der Waals surface area contributed by atoms with Gasteiger partial charge in [0.15, 0.2) is 0 Å². The molecule has 1 aliphatic heterocycles. The molecule has 8 heteroatoms. The average molecular weight is 566 g/mol. The lowest BCUT2D eigenvalue weighted by Gasteiger charge is -2.39. The molecule has 216 valence electrons. The second kappa shape index (κ2) is 13.8. The maximum Gasteiger partial charge on any atom is 0.514 e. The van der Waals surface area contributed by atoms with Gasteiger partial charge in [0.1, 0.15) is 24.4 Å². The quantitative estimate of drug-likeness (QED) is 0.148. The molecular formula is C34H35N3O5. The van der Waals surface area contributed by atoms with Gasteiger partial charge < -0.3 is 25.4 Å². The molecule has 2 atom stereocenters. The van der Waals surface area contributed by atoms with Crippen molar-refractivity contribution in [2.75, 3.05) is 6.54 Å². The first-order valence-electron chi connectivity index (χ1n) is 14.3. The van der Waals surface area contributed by atoms with Gasteiger partial charge in [-0.1, -0.05) is 84.9 Å². The van der Waals surface area contributed by atoms with Crippen LogP contribution in [0.3, 0.4) is 0 Å². The van der Waals surface area contributed by atoms with Gasteiger partial charge in [0.2, 0.25) is 11.8 Å². The van der Waals surface area contributed by atoms with Crippen molar-refractivity contribution in [1.82, 2.24) is 10.2 Å². The highest BCUT2D eigenvalue weighted by atomic mass is 16.7. The van der Waals surface area contributed by atoms with E-state index in [4.69, 9.17) is 15.2 Å². The first-order chi connectivity index (χ1) is 20.5. The molecule has 2 amide bonds. The standard InChI is InChI=1S/C34H35N3O5/c35-19-7-6-12-31-32(38)36-30(21-26-13-16-27-10-4-5-11-28(27)20-26)33(39)37(31)22-24-14-17-29(18-15-24)42-34(40)41-23-25-8-2-1-3-9-25/h1-5,8-11,13-18,20,30-31H,6-7,12,19,21-23,35H2,(H,36,38)/t30-,31-/m0/s1. The van der Waals surface area contributed by atoms with Gasteiger partial charge in [0.25, 0.3) is 0 Å². The molecule has 42 heavy (non-hydrogen) atoms. The maximum atomic E-state index is 13.8. The second-order valence-electron chi connectivity index (χ2n) is 10.5. The van der Waals surface area contributed by atoms with E-state index < -0.39 is 18.2 Å². The zero-order valence-corrected chi connectivity index (χ0v) is 23.4. The fourth-order valence-electron chi connectivity index (χ4n) is 5.22. The Kier molecular flexibility index (Phi) is 9.46. The van der Waals surface area contributed by atoms with Crippen LogP contribution in [0.1, 0.15) is 36.0 Å². The molecule has 1 heterocycles. The molecule has 1 aliphatic rings. The monoisotopic (exact) mass is 565 g/mol. The summed E-state index contributed by atoms with van der Waals surface area (Å²) >= 11 is 0. The summed E-state index contributed by atoms with van der Waals surface area (Å²) in [6.45, 7) is 0.900. The summed E-state index contributed by atoms with van der Waals surface area (Å²) in [5.41, 5.74) is 8.34. The van der Waals surface area contributed by atoms with Gasteiger partial charge in [-0.2, -0.15) is 0 Å². The third kappa shape index (κ3) is 7.33. The summed E-state index contributed by atoms with van der Waals surface area (Å²) in [6.07, 6.45) is 1.65. The summed E-state index contributed by atoms with van der Waals surface area (Å²) in [7, 11) is 0. The Bertz CT molecular complexity index is 1520. The van der Waals surface area contributed by atoms with Crippen molar-refractivity contribution < 1.29 is 23.9 Å². The topological polar surface area (TPSA) is 111 Å². The molecule has 0 saturated carbocycles. The zero-order chi connectivity index (χ0) is 29.3. The molecule has 0 aromatic heterocycles. The van der Waals surface area contributed by atoms with Crippen LogP contribution in [0.4, 0.5) is 4.79 Å². The van der Waals surface area contributed by atoms with E-state index in [2.05, 4.69) is 11.4 Å². The van der Waals surface area contributed by atoms with E-state index >= 15 is 0 Å². The van der Waals surface area contributed by atoms with Crippen LogP contribution in [-0.4, -0.2) is 41.5 Å². The highest BCUT2D eigenvalue weighted by Gasteiger charge is 2.40. The van der Waals surface area contributed by atoms with Gasteiger partial charge in [0.05, 0.1) is 0 Å². The number of piperazine rings is 1. The van der Waals surface area contributed by atoms with Crippen molar-refractivity contribution in [2.24, 2.45) is 5.73 Å². The van der Waals surface area contributed by atoms with Crippen LogP contribution in [-0.2, 0) is 33.9 Å². The Morgan fingerprint density at radius 1 is 0.810 bits per heavy atom. The van der Waals surface area contributed by atoms with Gasteiger partial charge in [-0.15, -0.1) is 0 Å². The number of nitrogens with two attached hydrogens (primary N) is 1. The summed E-state index contributed by atoms with van der Waals surface area (Å²) in [5.74, 6) is 0.0528. The Balaban J connectivity index is 1.26. The van der Waals surface area contributed by atoms with Crippen LogP contribution >= 0.6 is 0 Å². The molecule has 0 spiro atoms. The van der Waals surface area contributed by atoms with Gasteiger partial charge >= 0.3 is 6.16 Å². The molecular weight excluding hydrogens is 530 g/mol. The maximum absolute atomic E-state index is 13.8. The van der Waals surface area contributed by atoms with Crippen LogP contribution in [0.2, 0.25) is 0 Å². The highest BCUT2D eigenvalue weighted by molar-refractivity contribution is 5.97. The number of unbranched alkanes of at least 4 members (excludes halogenated alkanes) is 1. The molecule has 4 aromatic carbocycles. The number of amides is 2. The molecule has 0 radical (unpaired) electrons. The van der Waals surface area contributed by atoms with E-state index in [1.165, 1.54) is 0 Å². The van der Waals surface area contributed by atoms with Crippen LogP contribution in [0.25, 0.3) is 10.8 Å². The van der Waals surface area contributed by atoms with Crippen molar-refractivity contribution in [2.45, 2.75) is 50.9 Å². The molecule has 5 rings (SSSR count). The molecule has 0 unspecified atom stereocenters. The number of nitrogens with one attached hydrogen (secondary N) is 1. The van der Waals surface area contributed by atoms with Gasteiger partial charge in [-0.05, 0) is 65.4 Å². The Morgan fingerprint density at radius 3 is 2.29 bits per heavy atom. The third-order valence-corrected chi connectivity index (χ3v) is 7.44. The Hall–Kier alpha value is -4.69. The largest absolute Gasteiger partial charge is 0.514 e. The number of hydrogen-bond acceptors (Lipinski definition) is 6. The zero-order valence-electron chi connectivity index (χ0n) is 23.4. The molecule has 0 aliphatic carbocycles. The van der Waals surface area contributed by atoms with Gasteiger partial charge in [0, 0.05) is 13.0 Å². The van der Waals surface area contributed by atoms with Crippen molar-refractivity contribution >= 4 is 28.7 Å². The fraction of sp³-hybridized carbons (Fsp3) is 0.265. The van der Waals surface area contributed by atoms with E-state index in [-0.39, 0.29) is 25.0 Å². The molecule has 1 fully saturated rings. The lowest BCUT2D eigenvalue weighted by atomic mass is 9.96. The molecule has 0 bridgehead atoms. The first kappa shape index (κ1) is 28.8. The predicted octanol–water partition coefficient (Wildman–Crippen LogP) is 5.12. The van der Waals surface area contributed by atoms with E-state index in [9.17, 15) is 14.4 Å². The minimum absolute atomic E-state index is 0.114. The number of carbonyl (C=O) groups excluding carboxylic acids is 3. The van der Waals surface area contributed by atoms with Crippen molar-refractivity contribution in [1.29, 1.82) is 0 Å². The van der Waals surface area contributed by atoms with E-state index in [0.717, 1.165) is 40.3 Å². The van der Waals surface area contributed by atoms with Crippen molar-refractivity contribution in [3.63, 3.8) is 0 Å². The normalized spacial score (nSPS) is 16.7. The third-order valence-electron chi connectivity index (χ3n) is 7.44. The number of fused-ring (bicyclic) bond motifs is 1. The molecule has 8 nitrogen and oxygen atoms in total. The number of ether oxygens (including phenoxy) is 2. The number of rotatable bonds is 11. The van der Waals surface area contributed by atoms with Gasteiger partial charge in [-0.3, -0.25) is 9.59 Å². The molecule has 1 saturated heterocycles. The smallest absolute Gasteiger partial charge is 0.429 e. The van der Waals surface area contributed by atoms with Crippen LogP contribution in [0.5, 0.6) is 5.75 Å². The lowest BCUT2D eigenvalue weighted by Crippen LogP contribution is -2.63. The minimum atomic E-state index is -0.800. The molecule has 4 aromatic rings. The summed E-state index contributed by atoms with van der Waals surface area (Å²) in [4.78, 5) is 40.9. The van der Waals surface area contributed by atoms with E-state index in [1.54, 1.807) is 29.2 Å². The SMILES string of the molecule is NCCCC[C@H]1C(=O)N[C@@H](Cc2ccc3ccccc3c2)C(=O)N1Cc1ccc(OC(=O)OCc2ccccc2)cc1. The van der Waals surface area contributed by atoms with Gasteiger partial charge in [-0.25, -0.2) is 4.79 Å². The summed E-state index contributed by atoms with van der Waals surface area (Å²) in [5, 5.41) is 5.19. The first-order valence-corrected chi connectivity index (χ1v) is 14.3. The van der Waals surface area contributed by atoms with Crippen LogP contribution in [0, 0.1) is 0 Å². The Morgan fingerprint density at radius 2 is 1.52 bits per heavy atom. The summed E-state index contributed by atoms with van der Waals surface area (Å²) in [6, 6.07) is 29.2. The van der Waals surface area contributed by atoms with Crippen LogP contribution in [0.15, 0.2) is 97.1 Å². The second-order valence-corrected chi connectivity index (χ2v) is 10.5. The number of nitrogens with zero attached hydrogens (tertiary/aromatic N) is 1. The van der Waals surface area contributed by atoms with E-state index in [1.807, 2.05) is 66.7 Å². The number of carbonyl (C=O) groups is 3. The Labute approximate surface area is 245 Å². The summed E-state index contributed by atoms with van der Waals surface area (Å²) < 4.78 is 10.5. The van der Waals surface area contributed by atoms with Crippen molar-refractivity contribution in [3.8, 4) is 5.75 Å².